The van der Waals surface area contributed by atoms with E-state index in [4.69, 9.17) is 10.2 Å². The lowest BCUT2D eigenvalue weighted by atomic mass is 10.4. The highest BCUT2D eigenvalue weighted by Gasteiger charge is 2.28. The molecule has 0 aromatic carbocycles. The second-order valence-corrected chi connectivity index (χ2v) is 3.15. The van der Waals surface area contributed by atoms with Crippen LogP contribution in [0.25, 0.3) is 0 Å². The molecule has 10 heteroatoms. The standard InChI is InChI=1S/C8H10F3NO6/c9-8(10,11)4-18-3-5(13)12(1-6(14)15)2-7(16)17/h1-4H2,(H,14,15)(H,16,17). The average Bonchev–Trinajstić information content (AvgIpc) is 2.12. The van der Waals surface area contributed by atoms with Crippen LogP contribution in [0.2, 0.25) is 0 Å². The van der Waals surface area contributed by atoms with Crippen LogP contribution in [0.4, 0.5) is 13.2 Å². The number of amides is 1. The van der Waals surface area contributed by atoms with Crippen LogP contribution in [0.15, 0.2) is 0 Å². The molecule has 0 bridgehead atoms. The molecule has 0 aliphatic rings. The number of rotatable bonds is 7. The number of carbonyl (C=O) groups is 3. The molecule has 0 unspecified atom stereocenters. The molecule has 0 aromatic heterocycles. The average molecular weight is 273 g/mol. The summed E-state index contributed by atoms with van der Waals surface area (Å²) in [5.41, 5.74) is 0. The van der Waals surface area contributed by atoms with Crippen molar-refractivity contribution in [3.63, 3.8) is 0 Å². The zero-order valence-corrected chi connectivity index (χ0v) is 8.94. The monoisotopic (exact) mass is 273 g/mol. The van der Waals surface area contributed by atoms with Crippen molar-refractivity contribution in [2.75, 3.05) is 26.3 Å². The molecule has 104 valence electrons. The summed E-state index contributed by atoms with van der Waals surface area (Å²) in [5.74, 6) is -4.12. The van der Waals surface area contributed by atoms with Crippen LogP contribution in [0.1, 0.15) is 0 Å². The molecule has 0 atom stereocenters. The topological polar surface area (TPSA) is 104 Å². The first-order chi connectivity index (χ1) is 8.11. The summed E-state index contributed by atoms with van der Waals surface area (Å²) >= 11 is 0. The van der Waals surface area contributed by atoms with Gasteiger partial charge < -0.3 is 19.8 Å². The van der Waals surface area contributed by atoms with Crippen molar-refractivity contribution in [2.24, 2.45) is 0 Å². The number of nitrogens with zero attached hydrogens (tertiary/aromatic N) is 1. The Labute approximate surface area is 98.7 Å². The molecule has 18 heavy (non-hydrogen) atoms. The van der Waals surface area contributed by atoms with E-state index < -0.39 is 50.3 Å². The Hall–Kier alpha value is -1.84. The maximum Gasteiger partial charge on any atom is 0.411 e. The van der Waals surface area contributed by atoms with E-state index in [2.05, 4.69) is 4.74 Å². The number of halogens is 3. The lowest BCUT2D eigenvalue weighted by molar-refractivity contribution is -0.179. The summed E-state index contributed by atoms with van der Waals surface area (Å²) in [6.45, 7) is -4.58. The predicted octanol–water partition coefficient (Wildman–Crippen LogP) is -0.437. The van der Waals surface area contributed by atoms with E-state index in [-0.39, 0.29) is 0 Å². The molecule has 0 heterocycles. The molecule has 0 radical (unpaired) electrons. The van der Waals surface area contributed by atoms with E-state index in [0.29, 0.717) is 4.90 Å². The SMILES string of the molecule is O=C(O)CN(CC(=O)O)C(=O)COCC(F)(F)F. The van der Waals surface area contributed by atoms with E-state index in [1.807, 2.05) is 0 Å². The van der Waals surface area contributed by atoms with E-state index in [9.17, 15) is 27.6 Å². The fraction of sp³-hybridized carbons (Fsp3) is 0.625. The molecule has 2 N–H and O–H groups in total. The number of hydrogen-bond acceptors (Lipinski definition) is 4. The summed E-state index contributed by atoms with van der Waals surface area (Å²) in [6, 6.07) is 0. The Morgan fingerprint density at radius 1 is 1.06 bits per heavy atom. The first-order valence-corrected chi connectivity index (χ1v) is 4.47. The summed E-state index contributed by atoms with van der Waals surface area (Å²) < 4.78 is 39.1. The number of carboxylic acid groups (broad SMARTS) is 2. The first-order valence-electron chi connectivity index (χ1n) is 4.47. The Kier molecular flexibility index (Phi) is 6.09. The van der Waals surface area contributed by atoms with E-state index in [1.54, 1.807) is 0 Å². The van der Waals surface area contributed by atoms with E-state index in [0.717, 1.165) is 0 Å². The number of ether oxygens (including phenoxy) is 1. The van der Waals surface area contributed by atoms with Crippen LogP contribution in [0.5, 0.6) is 0 Å². The van der Waals surface area contributed by atoms with Gasteiger partial charge in [-0.2, -0.15) is 13.2 Å². The maximum absolute atomic E-state index is 11.7. The normalized spacial score (nSPS) is 11.1. The summed E-state index contributed by atoms with van der Waals surface area (Å²) in [4.78, 5) is 32.2. The zero-order chi connectivity index (χ0) is 14.3. The maximum atomic E-state index is 11.7. The van der Waals surface area contributed by atoms with Crippen LogP contribution in [0, 0.1) is 0 Å². The van der Waals surface area contributed by atoms with Gasteiger partial charge in [-0.1, -0.05) is 0 Å². The number of alkyl halides is 3. The highest BCUT2D eigenvalue weighted by atomic mass is 19.4. The van der Waals surface area contributed by atoms with Gasteiger partial charge in [-0.25, -0.2) is 0 Å². The molecular weight excluding hydrogens is 263 g/mol. The molecule has 0 aliphatic carbocycles. The molecule has 0 fully saturated rings. The van der Waals surface area contributed by atoms with Gasteiger partial charge in [-0.3, -0.25) is 14.4 Å². The third-order valence-electron chi connectivity index (χ3n) is 1.50. The Bertz CT molecular complexity index is 313. The fourth-order valence-corrected chi connectivity index (χ4v) is 0.904. The quantitative estimate of drug-likeness (QED) is 0.651. The highest BCUT2D eigenvalue weighted by molar-refractivity contribution is 5.85. The van der Waals surface area contributed by atoms with Gasteiger partial charge in [-0.05, 0) is 0 Å². The van der Waals surface area contributed by atoms with Gasteiger partial charge in [0, 0.05) is 0 Å². The molecule has 7 nitrogen and oxygen atoms in total. The minimum Gasteiger partial charge on any atom is -0.480 e. The predicted molar refractivity (Wildman–Crippen MR) is 48.7 cm³/mol. The molecule has 0 spiro atoms. The lowest BCUT2D eigenvalue weighted by Gasteiger charge is -2.18. The van der Waals surface area contributed by atoms with Crippen LogP contribution in [-0.4, -0.2) is 65.4 Å². The number of carboxylic acids is 2. The van der Waals surface area contributed by atoms with Crippen molar-refractivity contribution in [2.45, 2.75) is 6.18 Å². The van der Waals surface area contributed by atoms with Gasteiger partial charge in [0.2, 0.25) is 5.91 Å². The lowest BCUT2D eigenvalue weighted by Crippen LogP contribution is -2.41. The van der Waals surface area contributed by atoms with Crippen LogP contribution < -0.4 is 0 Å². The third kappa shape index (κ3) is 8.33. The van der Waals surface area contributed by atoms with Gasteiger partial charge in [0.05, 0.1) is 0 Å². The highest BCUT2D eigenvalue weighted by Crippen LogP contribution is 2.14. The molecule has 0 aliphatic heterocycles. The van der Waals surface area contributed by atoms with E-state index >= 15 is 0 Å². The van der Waals surface area contributed by atoms with Gasteiger partial charge in [0.15, 0.2) is 0 Å². The smallest absolute Gasteiger partial charge is 0.411 e. The van der Waals surface area contributed by atoms with Crippen LogP contribution >= 0.6 is 0 Å². The van der Waals surface area contributed by atoms with Crippen molar-refractivity contribution < 1.29 is 42.5 Å². The molecule has 1 amide bonds. The molecule has 0 saturated carbocycles. The van der Waals surface area contributed by atoms with Crippen molar-refractivity contribution in [1.29, 1.82) is 0 Å². The summed E-state index contributed by atoms with van der Waals surface area (Å²) in [6.07, 6.45) is -4.62. The third-order valence-corrected chi connectivity index (χ3v) is 1.50. The Morgan fingerprint density at radius 2 is 1.50 bits per heavy atom. The van der Waals surface area contributed by atoms with Gasteiger partial charge in [0.25, 0.3) is 0 Å². The van der Waals surface area contributed by atoms with Crippen LogP contribution in [0.3, 0.4) is 0 Å². The van der Waals surface area contributed by atoms with Gasteiger partial charge in [-0.15, -0.1) is 0 Å². The van der Waals surface area contributed by atoms with Crippen molar-refractivity contribution in [3.05, 3.63) is 0 Å². The number of hydrogen-bond donors (Lipinski definition) is 2. The molecule has 0 aromatic rings. The zero-order valence-electron chi connectivity index (χ0n) is 8.94. The van der Waals surface area contributed by atoms with Gasteiger partial charge >= 0.3 is 18.1 Å². The van der Waals surface area contributed by atoms with Gasteiger partial charge in [0.1, 0.15) is 26.3 Å². The first kappa shape index (κ1) is 16.2. The summed E-state index contributed by atoms with van der Waals surface area (Å²) in [7, 11) is 0. The largest absolute Gasteiger partial charge is 0.480 e. The molecule has 0 rings (SSSR count). The summed E-state index contributed by atoms with van der Waals surface area (Å²) in [5, 5.41) is 16.8. The second kappa shape index (κ2) is 6.79. The minimum atomic E-state index is -4.62. The Balaban J connectivity index is 4.29. The van der Waals surface area contributed by atoms with Crippen molar-refractivity contribution >= 4 is 17.8 Å². The second-order valence-electron chi connectivity index (χ2n) is 3.15. The number of aliphatic carboxylic acids is 2. The number of carbonyl (C=O) groups excluding carboxylic acids is 1. The molecule has 0 saturated heterocycles. The van der Waals surface area contributed by atoms with Crippen LogP contribution in [-0.2, 0) is 19.1 Å². The molecular formula is C8H10F3NO6. The Morgan fingerprint density at radius 3 is 1.83 bits per heavy atom. The minimum absolute atomic E-state index is 0.362. The van der Waals surface area contributed by atoms with Crippen molar-refractivity contribution in [1.82, 2.24) is 4.90 Å². The van der Waals surface area contributed by atoms with E-state index in [1.165, 1.54) is 0 Å². The fourth-order valence-electron chi connectivity index (χ4n) is 0.904. The van der Waals surface area contributed by atoms with Crippen molar-refractivity contribution in [3.8, 4) is 0 Å².